The summed E-state index contributed by atoms with van der Waals surface area (Å²) in [7, 11) is 1.47. The molecule has 11 nitrogen and oxygen atoms in total. The lowest BCUT2D eigenvalue weighted by Gasteiger charge is -2.14. The van der Waals surface area contributed by atoms with Gasteiger partial charge in [-0.3, -0.25) is 34.7 Å². The maximum atomic E-state index is 13.0. The molecule has 36 heavy (non-hydrogen) atoms. The number of hydrogen-bond acceptors (Lipinski definition) is 8. The molecule has 1 saturated heterocycles. The third-order valence-corrected chi connectivity index (χ3v) is 6.61. The second-order valence-corrected chi connectivity index (χ2v) is 8.96. The van der Waals surface area contributed by atoms with E-state index in [1.165, 1.54) is 43.5 Å². The highest BCUT2D eigenvalue weighted by Crippen LogP contribution is 2.36. The highest BCUT2D eigenvalue weighted by atomic mass is 32.2. The third kappa shape index (κ3) is 4.58. The molecule has 2 amide bonds. The van der Waals surface area contributed by atoms with Crippen LogP contribution >= 0.6 is 11.8 Å². The molecular weight excluding hydrogens is 488 g/mol. The molecule has 0 atom stereocenters. The second kappa shape index (κ2) is 9.66. The van der Waals surface area contributed by atoms with E-state index in [1.807, 2.05) is 13.0 Å². The summed E-state index contributed by atoms with van der Waals surface area (Å²) in [6, 6.07) is 11.9. The van der Waals surface area contributed by atoms with E-state index in [4.69, 9.17) is 4.74 Å². The van der Waals surface area contributed by atoms with Crippen molar-refractivity contribution in [1.82, 2.24) is 9.47 Å². The number of imide groups is 1. The number of ether oxygens (including phenoxy) is 1. The van der Waals surface area contributed by atoms with E-state index in [1.54, 1.807) is 23.6 Å². The van der Waals surface area contributed by atoms with Gasteiger partial charge in [-0.2, -0.15) is 0 Å². The van der Waals surface area contributed by atoms with Gasteiger partial charge in [-0.15, -0.1) is 0 Å². The quantitative estimate of drug-likeness (QED) is 0.242. The zero-order valence-electron chi connectivity index (χ0n) is 19.5. The van der Waals surface area contributed by atoms with Gasteiger partial charge in [0.25, 0.3) is 22.5 Å². The van der Waals surface area contributed by atoms with Crippen LogP contribution < -0.4 is 4.74 Å². The minimum atomic E-state index is -0.538. The molecule has 2 aromatic carbocycles. The number of non-ortho nitro benzene ring substituents is 2. The van der Waals surface area contributed by atoms with Crippen LogP contribution in [0, 0.1) is 34.1 Å². The van der Waals surface area contributed by atoms with Crippen LogP contribution in [-0.4, -0.2) is 37.6 Å². The van der Waals surface area contributed by atoms with Crippen LogP contribution in [0.1, 0.15) is 22.5 Å². The average molecular weight is 509 g/mol. The van der Waals surface area contributed by atoms with Crippen molar-refractivity contribution in [2.24, 2.45) is 0 Å². The number of carbonyl (C=O) groups is 2. The fourth-order valence-corrected chi connectivity index (χ4v) is 4.83. The number of hydrogen-bond donors (Lipinski definition) is 0. The molecule has 0 N–H and O–H groups in total. The summed E-state index contributed by atoms with van der Waals surface area (Å²) in [6.45, 7) is 3.52. The van der Waals surface area contributed by atoms with Crippen LogP contribution in [0.4, 0.5) is 16.2 Å². The predicted molar refractivity (Wildman–Crippen MR) is 133 cm³/mol. The van der Waals surface area contributed by atoms with Gasteiger partial charge in [-0.1, -0.05) is 12.1 Å². The Hall–Kier alpha value is -4.45. The van der Waals surface area contributed by atoms with Crippen molar-refractivity contribution in [1.29, 1.82) is 0 Å². The van der Waals surface area contributed by atoms with Crippen molar-refractivity contribution in [3.63, 3.8) is 0 Å². The van der Waals surface area contributed by atoms with Crippen LogP contribution in [0.15, 0.2) is 53.4 Å². The summed E-state index contributed by atoms with van der Waals surface area (Å²) in [5, 5.41) is 21.9. The Bertz CT molecular complexity index is 1460. The first-order valence-electron chi connectivity index (χ1n) is 10.6. The average Bonchev–Trinajstić information content (AvgIpc) is 3.27. The SMILES string of the molecule is COc1ccc([N+](=O)[O-])cc1-n1c(C)cc(/C=C2/SC(=O)N(Cc3cccc([N+](=O)[O-])c3)C2=O)c1C. The lowest BCUT2D eigenvalue weighted by Crippen LogP contribution is -2.27. The number of amides is 2. The number of carbonyl (C=O) groups excluding carboxylic acids is 2. The fourth-order valence-electron chi connectivity index (χ4n) is 4.00. The van der Waals surface area contributed by atoms with Crippen LogP contribution in [-0.2, 0) is 11.3 Å². The lowest BCUT2D eigenvalue weighted by molar-refractivity contribution is -0.385. The van der Waals surface area contributed by atoms with Crippen LogP contribution in [0.3, 0.4) is 0 Å². The monoisotopic (exact) mass is 508 g/mol. The molecule has 3 aromatic rings. The first-order valence-corrected chi connectivity index (χ1v) is 11.4. The van der Waals surface area contributed by atoms with Gasteiger partial charge in [-0.25, -0.2) is 0 Å². The van der Waals surface area contributed by atoms with Crippen molar-refractivity contribution in [3.8, 4) is 11.4 Å². The number of nitro benzene ring substituents is 2. The number of methoxy groups -OCH3 is 1. The lowest BCUT2D eigenvalue weighted by atomic mass is 10.2. The van der Waals surface area contributed by atoms with Gasteiger partial charge in [0.2, 0.25) is 0 Å². The predicted octanol–water partition coefficient (Wildman–Crippen LogP) is 5.16. The molecule has 12 heteroatoms. The highest BCUT2D eigenvalue weighted by molar-refractivity contribution is 8.18. The van der Waals surface area contributed by atoms with Crippen LogP contribution in [0.25, 0.3) is 11.8 Å². The summed E-state index contributed by atoms with van der Waals surface area (Å²) in [5.74, 6) is -0.0690. The fraction of sp³-hybridized carbons (Fsp3) is 0.167. The first-order chi connectivity index (χ1) is 17.1. The first kappa shape index (κ1) is 24.7. The largest absolute Gasteiger partial charge is 0.495 e. The van der Waals surface area contributed by atoms with E-state index < -0.39 is 21.0 Å². The molecule has 0 spiro atoms. The van der Waals surface area contributed by atoms with Crippen molar-refractivity contribution >= 4 is 40.4 Å². The van der Waals surface area contributed by atoms with Crippen molar-refractivity contribution in [2.45, 2.75) is 20.4 Å². The Morgan fingerprint density at radius 1 is 1.00 bits per heavy atom. The molecule has 184 valence electrons. The molecule has 0 unspecified atom stereocenters. The van der Waals surface area contributed by atoms with Gasteiger partial charge in [0.05, 0.1) is 34.1 Å². The van der Waals surface area contributed by atoms with E-state index in [0.717, 1.165) is 22.4 Å². The molecule has 0 radical (unpaired) electrons. The van der Waals surface area contributed by atoms with Gasteiger partial charge in [0.15, 0.2) is 0 Å². The van der Waals surface area contributed by atoms with E-state index in [-0.39, 0.29) is 22.8 Å². The van der Waals surface area contributed by atoms with E-state index in [2.05, 4.69) is 0 Å². The van der Waals surface area contributed by atoms with Crippen LogP contribution in [0.2, 0.25) is 0 Å². The third-order valence-electron chi connectivity index (χ3n) is 5.71. The highest BCUT2D eigenvalue weighted by Gasteiger charge is 2.35. The van der Waals surface area contributed by atoms with Crippen molar-refractivity contribution in [3.05, 3.63) is 96.2 Å². The molecule has 0 bridgehead atoms. The Labute approximate surface area is 209 Å². The number of thioether (sulfide) groups is 1. The maximum Gasteiger partial charge on any atom is 0.293 e. The summed E-state index contributed by atoms with van der Waals surface area (Å²) in [6.07, 6.45) is 1.60. The normalized spacial score (nSPS) is 14.5. The second-order valence-electron chi connectivity index (χ2n) is 7.97. The summed E-state index contributed by atoms with van der Waals surface area (Å²) in [5.41, 5.74) is 2.80. The standard InChI is InChI=1S/C24H20N4O7S/c1-14-9-17(15(2)26(14)20-12-19(28(33)34)7-8-21(20)35-3)11-22-23(29)25(24(30)36-22)13-16-5-4-6-18(10-16)27(31)32/h4-12H,13H2,1-3H3/b22-11+. The van der Waals surface area contributed by atoms with Crippen LogP contribution in [0.5, 0.6) is 5.75 Å². The molecule has 1 fully saturated rings. The number of aryl methyl sites for hydroxylation is 1. The summed E-state index contributed by atoms with van der Waals surface area (Å²) >= 11 is 0.781. The van der Waals surface area contributed by atoms with Gasteiger partial charge in [0.1, 0.15) is 5.75 Å². The zero-order chi connectivity index (χ0) is 26.1. The molecule has 0 aliphatic carbocycles. The van der Waals surface area contributed by atoms with E-state index in [9.17, 15) is 29.8 Å². The van der Waals surface area contributed by atoms with Gasteiger partial charge >= 0.3 is 0 Å². The number of nitro groups is 2. The Balaban J connectivity index is 1.67. The van der Waals surface area contributed by atoms with E-state index >= 15 is 0 Å². The van der Waals surface area contributed by atoms with Gasteiger partial charge in [0, 0.05) is 35.7 Å². The minimum absolute atomic E-state index is 0.0897. The molecule has 2 heterocycles. The molecule has 1 aliphatic heterocycles. The maximum absolute atomic E-state index is 13.0. The Morgan fingerprint density at radius 3 is 2.36 bits per heavy atom. The Morgan fingerprint density at radius 2 is 1.69 bits per heavy atom. The number of nitrogens with zero attached hydrogens (tertiary/aromatic N) is 4. The topological polar surface area (TPSA) is 138 Å². The summed E-state index contributed by atoms with van der Waals surface area (Å²) < 4.78 is 7.18. The molecule has 1 aliphatic rings. The number of rotatable bonds is 7. The van der Waals surface area contributed by atoms with Gasteiger partial charge < -0.3 is 9.30 Å². The molecular formula is C24H20N4O7S. The minimum Gasteiger partial charge on any atom is -0.495 e. The molecule has 4 rings (SSSR count). The number of benzene rings is 2. The van der Waals surface area contributed by atoms with E-state index in [0.29, 0.717) is 28.3 Å². The molecule has 1 aromatic heterocycles. The number of aromatic nitrogens is 1. The molecule has 0 saturated carbocycles. The smallest absolute Gasteiger partial charge is 0.293 e. The summed E-state index contributed by atoms with van der Waals surface area (Å²) in [4.78, 5) is 48.2. The Kier molecular flexibility index (Phi) is 6.62. The zero-order valence-corrected chi connectivity index (χ0v) is 20.3. The van der Waals surface area contributed by atoms with Crippen molar-refractivity contribution < 1.29 is 24.2 Å². The van der Waals surface area contributed by atoms with Gasteiger partial charge in [-0.05, 0) is 54.9 Å². The van der Waals surface area contributed by atoms with Crippen molar-refractivity contribution in [2.75, 3.05) is 7.11 Å².